The lowest BCUT2D eigenvalue weighted by Crippen LogP contribution is -2.42. The van der Waals surface area contributed by atoms with Gasteiger partial charge in [-0.15, -0.1) is 0 Å². The van der Waals surface area contributed by atoms with Gasteiger partial charge in [0.2, 0.25) is 5.91 Å². The van der Waals surface area contributed by atoms with Gasteiger partial charge in [-0.3, -0.25) is 4.79 Å². The van der Waals surface area contributed by atoms with E-state index in [1.54, 1.807) is 0 Å². The molecule has 0 aromatic heterocycles. The number of nitrogens with zero attached hydrogens (tertiary/aromatic N) is 1. The zero-order valence-electron chi connectivity index (χ0n) is 11.5. The van der Waals surface area contributed by atoms with Crippen LogP contribution in [0.4, 0.5) is 0 Å². The number of benzene rings is 1. The fraction of sp³-hybridized carbons (Fsp3) is 0.500. The monoisotopic (exact) mass is 268 g/mol. The van der Waals surface area contributed by atoms with Crippen molar-refractivity contribution in [1.82, 2.24) is 10.2 Å². The molecule has 0 bridgehead atoms. The zero-order chi connectivity index (χ0) is 13.8. The topological polar surface area (TPSA) is 32.3 Å². The van der Waals surface area contributed by atoms with Gasteiger partial charge in [-0.2, -0.15) is 0 Å². The smallest absolute Gasteiger partial charge is 0.230 e. The van der Waals surface area contributed by atoms with Gasteiger partial charge in [0.25, 0.3) is 0 Å². The standard InChI is InChI=1S/C14H21ClN2O/c1-14(2,11-7-5-6-8-12(11)15)13(18)16-9-10-17(3)4/h5-8H,9-10H2,1-4H3,(H,16,18). The molecule has 1 amide bonds. The van der Waals surface area contributed by atoms with E-state index in [0.717, 1.165) is 12.1 Å². The van der Waals surface area contributed by atoms with E-state index in [2.05, 4.69) is 5.32 Å². The number of hydrogen-bond donors (Lipinski definition) is 1. The number of carbonyl (C=O) groups is 1. The molecule has 3 nitrogen and oxygen atoms in total. The predicted octanol–water partition coefficient (Wildman–Crippen LogP) is 2.30. The molecule has 0 aliphatic rings. The third-order valence-electron chi connectivity index (χ3n) is 2.96. The van der Waals surface area contributed by atoms with Gasteiger partial charge >= 0.3 is 0 Å². The van der Waals surface area contributed by atoms with Crippen LogP contribution in [0.5, 0.6) is 0 Å². The van der Waals surface area contributed by atoms with Gasteiger partial charge in [-0.25, -0.2) is 0 Å². The van der Waals surface area contributed by atoms with E-state index in [0.29, 0.717) is 11.6 Å². The zero-order valence-corrected chi connectivity index (χ0v) is 12.2. The molecule has 0 aliphatic heterocycles. The number of nitrogens with one attached hydrogen (secondary N) is 1. The Morgan fingerprint density at radius 2 is 1.94 bits per heavy atom. The molecule has 0 spiro atoms. The first-order chi connectivity index (χ1) is 8.35. The SMILES string of the molecule is CN(C)CCNC(=O)C(C)(C)c1ccccc1Cl. The number of rotatable bonds is 5. The van der Waals surface area contributed by atoms with Crippen molar-refractivity contribution in [2.75, 3.05) is 27.2 Å². The van der Waals surface area contributed by atoms with Crippen LogP contribution in [0.3, 0.4) is 0 Å². The van der Waals surface area contributed by atoms with Crippen LogP contribution in [0.2, 0.25) is 5.02 Å². The summed E-state index contributed by atoms with van der Waals surface area (Å²) in [6.07, 6.45) is 0. The quantitative estimate of drug-likeness (QED) is 0.889. The van der Waals surface area contributed by atoms with Gasteiger partial charge in [0.1, 0.15) is 0 Å². The summed E-state index contributed by atoms with van der Waals surface area (Å²) in [7, 11) is 3.96. The van der Waals surface area contributed by atoms with Gasteiger partial charge in [0.15, 0.2) is 0 Å². The summed E-state index contributed by atoms with van der Waals surface area (Å²) in [5.74, 6) is -0.00236. The minimum Gasteiger partial charge on any atom is -0.354 e. The summed E-state index contributed by atoms with van der Waals surface area (Å²) >= 11 is 6.15. The predicted molar refractivity (Wildman–Crippen MR) is 76.0 cm³/mol. The van der Waals surface area contributed by atoms with Crippen molar-refractivity contribution < 1.29 is 4.79 Å². The molecule has 1 rings (SSSR count). The summed E-state index contributed by atoms with van der Waals surface area (Å²) in [6.45, 7) is 5.24. The van der Waals surface area contributed by atoms with Crippen LogP contribution in [-0.4, -0.2) is 38.0 Å². The third kappa shape index (κ3) is 3.72. The Morgan fingerprint density at radius 3 is 2.50 bits per heavy atom. The fourth-order valence-electron chi connectivity index (χ4n) is 1.70. The first kappa shape index (κ1) is 15.0. The van der Waals surface area contributed by atoms with Crippen molar-refractivity contribution in [2.24, 2.45) is 0 Å². The van der Waals surface area contributed by atoms with Crippen molar-refractivity contribution in [3.63, 3.8) is 0 Å². The van der Waals surface area contributed by atoms with Crippen LogP contribution in [0.15, 0.2) is 24.3 Å². The highest BCUT2D eigenvalue weighted by molar-refractivity contribution is 6.31. The molecule has 0 radical (unpaired) electrons. The van der Waals surface area contributed by atoms with Crippen LogP contribution in [0, 0.1) is 0 Å². The molecule has 1 aromatic carbocycles. The Morgan fingerprint density at radius 1 is 1.33 bits per heavy atom. The van der Waals surface area contributed by atoms with E-state index >= 15 is 0 Å². The highest BCUT2D eigenvalue weighted by atomic mass is 35.5. The molecule has 0 unspecified atom stereocenters. The molecule has 0 heterocycles. The average Bonchev–Trinajstić information content (AvgIpc) is 2.28. The Labute approximate surface area is 114 Å². The first-order valence-corrected chi connectivity index (χ1v) is 6.41. The highest BCUT2D eigenvalue weighted by Gasteiger charge is 2.31. The number of carbonyl (C=O) groups excluding carboxylic acids is 1. The maximum absolute atomic E-state index is 12.2. The Balaban J connectivity index is 2.74. The molecule has 0 fully saturated rings. The third-order valence-corrected chi connectivity index (χ3v) is 3.29. The maximum atomic E-state index is 12.2. The van der Waals surface area contributed by atoms with Crippen LogP contribution in [-0.2, 0) is 10.2 Å². The number of amides is 1. The van der Waals surface area contributed by atoms with Gasteiger partial charge in [0, 0.05) is 18.1 Å². The lowest BCUT2D eigenvalue weighted by Gasteiger charge is -2.25. The van der Waals surface area contributed by atoms with Crippen molar-refractivity contribution >= 4 is 17.5 Å². The normalized spacial score (nSPS) is 11.7. The number of halogens is 1. The molecule has 18 heavy (non-hydrogen) atoms. The lowest BCUT2D eigenvalue weighted by molar-refractivity contribution is -0.125. The Hall–Kier alpha value is -1.06. The molecule has 4 heteroatoms. The molecule has 100 valence electrons. The summed E-state index contributed by atoms with van der Waals surface area (Å²) in [5.41, 5.74) is 0.235. The molecular formula is C14H21ClN2O. The van der Waals surface area contributed by atoms with Crippen LogP contribution in [0.1, 0.15) is 19.4 Å². The summed E-state index contributed by atoms with van der Waals surface area (Å²) in [6, 6.07) is 7.47. The van der Waals surface area contributed by atoms with Crippen LogP contribution in [0.25, 0.3) is 0 Å². The minimum absolute atomic E-state index is 0.00236. The summed E-state index contributed by atoms with van der Waals surface area (Å²) in [5, 5.41) is 3.57. The van der Waals surface area contributed by atoms with Gasteiger partial charge in [0.05, 0.1) is 5.41 Å². The molecule has 1 N–H and O–H groups in total. The van der Waals surface area contributed by atoms with E-state index in [4.69, 9.17) is 11.6 Å². The molecule has 1 aromatic rings. The van der Waals surface area contributed by atoms with Gasteiger partial charge < -0.3 is 10.2 Å². The minimum atomic E-state index is -0.620. The van der Waals surface area contributed by atoms with E-state index < -0.39 is 5.41 Å². The molecule has 0 saturated carbocycles. The van der Waals surface area contributed by atoms with Crippen molar-refractivity contribution in [3.05, 3.63) is 34.9 Å². The number of likely N-dealkylation sites (N-methyl/N-ethyl adjacent to an activating group) is 1. The van der Waals surface area contributed by atoms with Gasteiger partial charge in [-0.1, -0.05) is 29.8 Å². The lowest BCUT2D eigenvalue weighted by atomic mass is 9.83. The second-order valence-corrected chi connectivity index (χ2v) is 5.57. The van der Waals surface area contributed by atoms with E-state index in [-0.39, 0.29) is 5.91 Å². The maximum Gasteiger partial charge on any atom is 0.230 e. The van der Waals surface area contributed by atoms with E-state index in [1.807, 2.05) is 57.1 Å². The Bertz CT molecular complexity index is 416. The molecular weight excluding hydrogens is 248 g/mol. The Kier molecular flexibility index (Phi) is 5.17. The van der Waals surface area contributed by atoms with Crippen molar-refractivity contribution in [2.45, 2.75) is 19.3 Å². The summed E-state index contributed by atoms with van der Waals surface area (Å²) < 4.78 is 0. The summed E-state index contributed by atoms with van der Waals surface area (Å²) in [4.78, 5) is 14.2. The second kappa shape index (κ2) is 6.21. The van der Waals surface area contributed by atoms with E-state index in [1.165, 1.54) is 0 Å². The van der Waals surface area contributed by atoms with E-state index in [9.17, 15) is 4.79 Å². The van der Waals surface area contributed by atoms with Gasteiger partial charge in [-0.05, 0) is 39.6 Å². The fourth-order valence-corrected chi connectivity index (χ4v) is 2.08. The highest BCUT2D eigenvalue weighted by Crippen LogP contribution is 2.29. The van der Waals surface area contributed by atoms with Crippen LogP contribution < -0.4 is 5.32 Å². The van der Waals surface area contributed by atoms with Crippen molar-refractivity contribution in [1.29, 1.82) is 0 Å². The van der Waals surface area contributed by atoms with Crippen LogP contribution >= 0.6 is 11.6 Å². The molecule has 0 saturated heterocycles. The largest absolute Gasteiger partial charge is 0.354 e. The molecule has 0 aliphatic carbocycles. The average molecular weight is 269 g/mol. The molecule has 0 atom stereocenters. The first-order valence-electron chi connectivity index (χ1n) is 6.03. The number of hydrogen-bond acceptors (Lipinski definition) is 2. The van der Waals surface area contributed by atoms with Crippen molar-refractivity contribution in [3.8, 4) is 0 Å². The second-order valence-electron chi connectivity index (χ2n) is 5.16.